The second kappa shape index (κ2) is 5.90. The summed E-state index contributed by atoms with van der Waals surface area (Å²) in [6.45, 7) is 7.27. The largest absolute Gasteiger partial charge is 0.371 e. The van der Waals surface area contributed by atoms with Crippen molar-refractivity contribution >= 4 is 5.69 Å². The van der Waals surface area contributed by atoms with Gasteiger partial charge in [0.15, 0.2) is 0 Å². The van der Waals surface area contributed by atoms with E-state index in [2.05, 4.69) is 50.9 Å². The van der Waals surface area contributed by atoms with E-state index >= 15 is 0 Å². The maximum atomic E-state index is 5.80. The Hall–Kier alpha value is -1.02. The molecule has 1 unspecified atom stereocenters. The molecule has 0 spiro atoms. The second-order valence-corrected chi connectivity index (χ2v) is 4.54. The molecule has 0 bridgehead atoms. The van der Waals surface area contributed by atoms with Crippen LogP contribution in [0.15, 0.2) is 18.2 Å². The highest BCUT2D eigenvalue weighted by molar-refractivity contribution is 5.59. The Labute approximate surface area is 99.5 Å². The molecule has 1 aromatic rings. The van der Waals surface area contributed by atoms with Crippen LogP contribution in [0.3, 0.4) is 0 Å². The van der Waals surface area contributed by atoms with Gasteiger partial charge in [-0.1, -0.05) is 31.5 Å². The Morgan fingerprint density at radius 2 is 2.06 bits per heavy atom. The van der Waals surface area contributed by atoms with Crippen LogP contribution < -0.4 is 10.6 Å². The summed E-state index contributed by atoms with van der Waals surface area (Å²) in [6, 6.07) is 6.93. The number of nitrogens with two attached hydrogens (primary N) is 1. The normalized spacial score (nSPS) is 12.6. The van der Waals surface area contributed by atoms with Crippen molar-refractivity contribution in [3.8, 4) is 0 Å². The quantitative estimate of drug-likeness (QED) is 0.826. The first kappa shape index (κ1) is 13.0. The highest BCUT2D eigenvalue weighted by atomic mass is 15.1. The van der Waals surface area contributed by atoms with Gasteiger partial charge in [-0.05, 0) is 31.4 Å². The van der Waals surface area contributed by atoms with Crippen LogP contribution in [0.1, 0.15) is 37.8 Å². The first-order valence-corrected chi connectivity index (χ1v) is 6.13. The van der Waals surface area contributed by atoms with Crippen LogP contribution in [0.25, 0.3) is 0 Å². The number of rotatable bonds is 5. The SMILES string of the molecule is CCCC(C)N(C)c1c(C)cccc1CN. The van der Waals surface area contributed by atoms with Gasteiger partial charge in [0.25, 0.3) is 0 Å². The van der Waals surface area contributed by atoms with Crippen molar-refractivity contribution in [1.82, 2.24) is 0 Å². The van der Waals surface area contributed by atoms with Gasteiger partial charge in [-0.15, -0.1) is 0 Å². The first-order chi connectivity index (χ1) is 7.61. The molecule has 0 aromatic heterocycles. The van der Waals surface area contributed by atoms with E-state index in [0.29, 0.717) is 12.6 Å². The zero-order chi connectivity index (χ0) is 12.1. The zero-order valence-corrected chi connectivity index (χ0v) is 11.0. The van der Waals surface area contributed by atoms with Crippen molar-refractivity contribution < 1.29 is 0 Å². The van der Waals surface area contributed by atoms with Gasteiger partial charge in [0.05, 0.1) is 0 Å². The lowest BCUT2D eigenvalue weighted by atomic mass is 10.0. The molecule has 0 amide bonds. The maximum Gasteiger partial charge on any atom is 0.0441 e. The third-order valence-corrected chi connectivity index (χ3v) is 3.26. The van der Waals surface area contributed by atoms with Crippen molar-refractivity contribution in [3.05, 3.63) is 29.3 Å². The number of aryl methyl sites for hydroxylation is 1. The van der Waals surface area contributed by atoms with Gasteiger partial charge >= 0.3 is 0 Å². The molecule has 1 aromatic carbocycles. The fourth-order valence-corrected chi connectivity index (χ4v) is 2.22. The molecule has 16 heavy (non-hydrogen) atoms. The lowest BCUT2D eigenvalue weighted by Gasteiger charge is -2.30. The molecule has 0 saturated heterocycles. The maximum absolute atomic E-state index is 5.80. The molecule has 1 rings (SSSR count). The number of hydrogen-bond acceptors (Lipinski definition) is 2. The van der Waals surface area contributed by atoms with Crippen LogP contribution in [-0.4, -0.2) is 13.1 Å². The van der Waals surface area contributed by atoms with Crippen LogP contribution in [0, 0.1) is 6.92 Å². The van der Waals surface area contributed by atoms with Crippen molar-refractivity contribution in [3.63, 3.8) is 0 Å². The molecule has 90 valence electrons. The summed E-state index contributed by atoms with van der Waals surface area (Å²) < 4.78 is 0. The lowest BCUT2D eigenvalue weighted by molar-refractivity contribution is 0.613. The van der Waals surface area contributed by atoms with Gasteiger partial charge in [-0.25, -0.2) is 0 Å². The number of nitrogens with zero attached hydrogens (tertiary/aromatic N) is 1. The van der Waals surface area contributed by atoms with E-state index in [9.17, 15) is 0 Å². The fraction of sp³-hybridized carbons (Fsp3) is 0.571. The summed E-state index contributed by atoms with van der Waals surface area (Å²) in [5, 5.41) is 0. The van der Waals surface area contributed by atoms with Crippen molar-refractivity contribution in [2.75, 3.05) is 11.9 Å². The molecule has 0 radical (unpaired) electrons. The first-order valence-electron chi connectivity index (χ1n) is 6.13. The van der Waals surface area contributed by atoms with Crippen LogP contribution >= 0.6 is 0 Å². The predicted molar refractivity (Wildman–Crippen MR) is 71.8 cm³/mol. The third kappa shape index (κ3) is 2.76. The van der Waals surface area contributed by atoms with Crippen LogP contribution in [0.4, 0.5) is 5.69 Å². The molecule has 1 atom stereocenters. The van der Waals surface area contributed by atoms with Crippen LogP contribution in [0.5, 0.6) is 0 Å². The van der Waals surface area contributed by atoms with E-state index in [-0.39, 0.29) is 0 Å². The Morgan fingerprint density at radius 1 is 1.38 bits per heavy atom. The lowest BCUT2D eigenvalue weighted by Crippen LogP contribution is -2.30. The highest BCUT2D eigenvalue weighted by Gasteiger charge is 2.14. The van der Waals surface area contributed by atoms with E-state index in [1.54, 1.807) is 0 Å². The molecule has 2 heteroatoms. The molecule has 0 fully saturated rings. The minimum absolute atomic E-state index is 0.566. The van der Waals surface area contributed by atoms with Crippen molar-refractivity contribution in [1.29, 1.82) is 0 Å². The molecule has 0 saturated carbocycles. The number of hydrogen-bond donors (Lipinski definition) is 1. The smallest absolute Gasteiger partial charge is 0.0441 e. The van der Waals surface area contributed by atoms with E-state index < -0.39 is 0 Å². The third-order valence-electron chi connectivity index (χ3n) is 3.26. The van der Waals surface area contributed by atoms with Gasteiger partial charge in [-0.3, -0.25) is 0 Å². The molecule has 0 aliphatic carbocycles. The summed E-state index contributed by atoms with van der Waals surface area (Å²) in [4.78, 5) is 2.36. The molecule has 2 nitrogen and oxygen atoms in total. The number of benzene rings is 1. The van der Waals surface area contributed by atoms with Gasteiger partial charge in [-0.2, -0.15) is 0 Å². The second-order valence-electron chi connectivity index (χ2n) is 4.54. The number of para-hydroxylation sites is 1. The highest BCUT2D eigenvalue weighted by Crippen LogP contribution is 2.26. The molecule has 2 N–H and O–H groups in total. The van der Waals surface area contributed by atoms with E-state index in [1.165, 1.54) is 29.7 Å². The monoisotopic (exact) mass is 220 g/mol. The topological polar surface area (TPSA) is 29.3 Å². The summed E-state index contributed by atoms with van der Waals surface area (Å²) in [5.41, 5.74) is 9.67. The van der Waals surface area contributed by atoms with Gasteiger partial charge in [0.2, 0.25) is 0 Å². The average Bonchev–Trinajstić information content (AvgIpc) is 2.28. The Kier molecular flexibility index (Phi) is 4.81. The van der Waals surface area contributed by atoms with Gasteiger partial charge < -0.3 is 10.6 Å². The summed E-state index contributed by atoms with van der Waals surface area (Å²) in [7, 11) is 2.17. The van der Waals surface area contributed by atoms with E-state index in [0.717, 1.165) is 0 Å². The molecule has 0 aliphatic rings. The molecule has 0 aliphatic heterocycles. The molecular formula is C14H24N2. The van der Waals surface area contributed by atoms with Crippen molar-refractivity contribution in [2.45, 2.75) is 46.2 Å². The van der Waals surface area contributed by atoms with Gasteiger partial charge in [0, 0.05) is 25.3 Å². The van der Waals surface area contributed by atoms with E-state index in [1.807, 2.05) is 0 Å². The van der Waals surface area contributed by atoms with E-state index in [4.69, 9.17) is 5.73 Å². The standard InChI is InChI=1S/C14H24N2/c1-5-7-12(3)16(4)14-11(2)8-6-9-13(14)10-15/h6,8-9,12H,5,7,10,15H2,1-4H3. The van der Waals surface area contributed by atoms with Crippen LogP contribution in [0.2, 0.25) is 0 Å². The van der Waals surface area contributed by atoms with Crippen molar-refractivity contribution in [2.24, 2.45) is 5.73 Å². The number of anilines is 1. The molecular weight excluding hydrogens is 196 g/mol. The summed E-state index contributed by atoms with van der Waals surface area (Å²) in [6.07, 6.45) is 2.43. The van der Waals surface area contributed by atoms with Gasteiger partial charge in [0.1, 0.15) is 0 Å². The molecule has 0 heterocycles. The summed E-state index contributed by atoms with van der Waals surface area (Å²) in [5.74, 6) is 0. The fourth-order valence-electron chi connectivity index (χ4n) is 2.22. The zero-order valence-electron chi connectivity index (χ0n) is 11.0. The average molecular weight is 220 g/mol. The minimum atomic E-state index is 0.566. The Balaban J connectivity index is 3.01. The van der Waals surface area contributed by atoms with Crippen LogP contribution in [-0.2, 0) is 6.54 Å². The predicted octanol–water partition coefficient (Wildman–Crippen LogP) is 3.08. The Bertz CT molecular complexity index is 334. The summed E-state index contributed by atoms with van der Waals surface area (Å²) >= 11 is 0. The minimum Gasteiger partial charge on any atom is -0.371 e. The Morgan fingerprint density at radius 3 is 2.62 bits per heavy atom.